The number of aromatic nitrogens is 1. The predicted molar refractivity (Wildman–Crippen MR) is 93.0 cm³/mol. The zero-order valence-electron chi connectivity index (χ0n) is 14.9. The van der Waals surface area contributed by atoms with E-state index in [-0.39, 0.29) is 23.7 Å². The van der Waals surface area contributed by atoms with E-state index in [0.717, 1.165) is 24.2 Å². The number of carbonyl (C=O) groups excluding carboxylic acids is 1. The van der Waals surface area contributed by atoms with Gasteiger partial charge < -0.3 is 19.3 Å². The van der Waals surface area contributed by atoms with Crippen molar-refractivity contribution in [3.8, 4) is 11.5 Å². The lowest BCUT2D eigenvalue weighted by Gasteiger charge is -2.19. The minimum Gasteiger partial charge on any atom is -0.493 e. The van der Waals surface area contributed by atoms with Crippen LogP contribution in [0.15, 0.2) is 28.8 Å². The van der Waals surface area contributed by atoms with Crippen LogP contribution in [0.25, 0.3) is 0 Å². The van der Waals surface area contributed by atoms with Gasteiger partial charge in [-0.2, -0.15) is 0 Å². The third-order valence-corrected chi connectivity index (χ3v) is 4.49. The molecule has 1 aliphatic rings. The van der Waals surface area contributed by atoms with E-state index in [2.05, 4.69) is 10.5 Å². The standard InChI is InChI=1S/C19H24N2O4/c1-12-10-16(21-25-12)19(22)20-13(2)14-8-9-17(18(11-14)23-3)24-15-6-4-5-7-15/h8-11,13,15H,4-7H2,1-3H3,(H,20,22)/t13-/m0/s1. The molecule has 1 amide bonds. The molecule has 6 heteroatoms. The molecule has 1 aromatic carbocycles. The molecule has 0 spiro atoms. The fourth-order valence-electron chi connectivity index (χ4n) is 3.06. The second-order valence-electron chi connectivity index (χ2n) is 6.45. The van der Waals surface area contributed by atoms with E-state index >= 15 is 0 Å². The van der Waals surface area contributed by atoms with Crippen molar-refractivity contribution in [2.24, 2.45) is 0 Å². The monoisotopic (exact) mass is 344 g/mol. The van der Waals surface area contributed by atoms with Gasteiger partial charge in [0.2, 0.25) is 0 Å². The van der Waals surface area contributed by atoms with Gasteiger partial charge in [0, 0.05) is 6.07 Å². The Morgan fingerprint density at radius 2 is 2.04 bits per heavy atom. The van der Waals surface area contributed by atoms with Gasteiger partial charge in [-0.15, -0.1) is 0 Å². The number of carbonyl (C=O) groups is 1. The fourth-order valence-corrected chi connectivity index (χ4v) is 3.06. The Balaban J connectivity index is 1.69. The van der Waals surface area contributed by atoms with Crippen LogP contribution in [0.3, 0.4) is 0 Å². The Bertz CT molecular complexity index is 735. The molecule has 134 valence electrons. The van der Waals surface area contributed by atoms with Crippen LogP contribution < -0.4 is 14.8 Å². The van der Waals surface area contributed by atoms with Gasteiger partial charge in [0.05, 0.1) is 19.3 Å². The Kier molecular flexibility index (Phi) is 5.26. The number of hydrogen-bond acceptors (Lipinski definition) is 5. The zero-order chi connectivity index (χ0) is 17.8. The maximum absolute atomic E-state index is 12.2. The number of ether oxygens (including phenoxy) is 2. The molecule has 6 nitrogen and oxygen atoms in total. The number of nitrogens with zero attached hydrogens (tertiary/aromatic N) is 1. The molecule has 1 aromatic heterocycles. The second-order valence-corrected chi connectivity index (χ2v) is 6.45. The van der Waals surface area contributed by atoms with Crippen molar-refractivity contribution in [2.75, 3.05) is 7.11 Å². The summed E-state index contributed by atoms with van der Waals surface area (Å²) in [5.41, 5.74) is 1.21. The van der Waals surface area contributed by atoms with Gasteiger partial charge in [0.25, 0.3) is 5.91 Å². The van der Waals surface area contributed by atoms with E-state index in [4.69, 9.17) is 14.0 Å². The average Bonchev–Trinajstić information content (AvgIpc) is 3.26. The minimum absolute atomic E-state index is 0.195. The molecule has 1 heterocycles. The number of nitrogens with one attached hydrogen (secondary N) is 1. The number of methoxy groups -OCH3 is 1. The summed E-state index contributed by atoms with van der Waals surface area (Å²) in [5, 5.41) is 6.65. The Morgan fingerprint density at radius 3 is 2.68 bits per heavy atom. The van der Waals surface area contributed by atoms with Gasteiger partial charge in [0.1, 0.15) is 5.76 Å². The molecule has 0 saturated heterocycles. The zero-order valence-corrected chi connectivity index (χ0v) is 14.9. The summed E-state index contributed by atoms with van der Waals surface area (Å²) < 4.78 is 16.5. The molecule has 0 aliphatic heterocycles. The number of amides is 1. The van der Waals surface area contributed by atoms with E-state index in [1.54, 1.807) is 20.1 Å². The molecule has 25 heavy (non-hydrogen) atoms. The van der Waals surface area contributed by atoms with Crippen LogP contribution in [-0.2, 0) is 0 Å². The lowest BCUT2D eigenvalue weighted by atomic mass is 10.1. The maximum atomic E-state index is 12.2. The molecule has 3 rings (SSSR count). The van der Waals surface area contributed by atoms with Crippen molar-refractivity contribution in [3.63, 3.8) is 0 Å². The summed E-state index contributed by atoms with van der Waals surface area (Å²) in [4.78, 5) is 12.2. The topological polar surface area (TPSA) is 73.6 Å². The molecule has 0 radical (unpaired) electrons. The molecule has 0 unspecified atom stereocenters. The van der Waals surface area contributed by atoms with Crippen LogP contribution in [0.1, 0.15) is 60.5 Å². The normalized spacial score (nSPS) is 15.8. The molecule has 1 aliphatic carbocycles. The number of aryl methyl sites for hydroxylation is 1. The van der Waals surface area contributed by atoms with Crippen molar-refractivity contribution >= 4 is 5.91 Å². The Hall–Kier alpha value is -2.50. The van der Waals surface area contributed by atoms with Crippen LogP contribution >= 0.6 is 0 Å². The van der Waals surface area contributed by atoms with Gasteiger partial charge in [-0.3, -0.25) is 4.79 Å². The second kappa shape index (κ2) is 7.59. The first kappa shape index (κ1) is 17.3. The van der Waals surface area contributed by atoms with Gasteiger partial charge in [0.15, 0.2) is 17.2 Å². The molecular weight excluding hydrogens is 320 g/mol. The third kappa shape index (κ3) is 4.13. The van der Waals surface area contributed by atoms with Crippen molar-refractivity contribution in [1.82, 2.24) is 10.5 Å². The maximum Gasteiger partial charge on any atom is 0.273 e. The highest BCUT2D eigenvalue weighted by Gasteiger charge is 2.20. The molecular formula is C19H24N2O4. The summed E-state index contributed by atoms with van der Waals surface area (Å²) in [6.45, 7) is 3.66. The highest BCUT2D eigenvalue weighted by atomic mass is 16.5. The van der Waals surface area contributed by atoms with Crippen LogP contribution in [-0.4, -0.2) is 24.3 Å². The summed E-state index contributed by atoms with van der Waals surface area (Å²) in [7, 11) is 1.63. The van der Waals surface area contributed by atoms with Crippen LogP contribution in [0, 0.1) is 6.92 Å². The van der Waals surface area contributed by atoms with E-state index in [1.807, 2.05) is 25.1 Å². The molecule has 1 atom stereocenters. The fraction of sp³-hybridized carbons (Fsp3) is 0.474. The quantitative estimate of drug-likeness (QED) is 0.863. The molecule has 0 bridgehead atoms. The first-order chi connectivity index (χ1) is 12.1. The van der Waals surface area contributed by atoms with E-state index in [1.165, 1.54) is 12.8 Å². The number of benzene rings is 1. The summed E-state index contributed by atoms with van der Waals surface area (Å²) in [5.74, 6) is 1.77. The van der Waals surface area contributed by atoms with E-state index in [9.17, 15) is 4.79 Å². The van der Waals surface area contributed by atoms with E-state index in [0.29, 0.717) is 11.5 Å². The Labute approximate surface area is 147 Å². The highest BCUT2D eigenvalue weighted by Crippen LogP contribution is 2.33. The predicted octanol–water partition coefficient (Wildman–Crippen LogP) is 3.80. The van der Waals surface area contributed by atoms with Crippen molar-refractivity contribution in [2.45, 2.75) is 51.7 Å². The van der Waals surface area contributed by atoms with Gasteiger partial charge >= 0.3 is 0 Å². The van der Waals surface area contributed by atoms with Crippen LogP contribution in [0.2, 0.25) is 0 Å². The largest absolute Gasteiger partial charge is 0.493 e. The lowest BCUT2D eigenvalue weighted by molar-refractivity contribution is 0.0930. The third-order valence-electron chi connectivity index (χ3n) is 4.49. The molecule has 1 fully saturated rings. The van der Waals surface area contributed by atoms with Crippen molar-refractivity contribution in [1.29, 1.82) is 0 Å². The number of hydrogen-bond donors (Lipinski definition) is 1. The summed E-state index contributed by atoms with van der Waals surface area (Å²) in [6.07, 6.45) is 4.89. The first-order valence-corrected chi connectivity index (χ1v) is 8.65. The van der Waals surface area contributed by atoms with Crippen molar-refractivity contribution in [3.05, 3.63) is 41.3 Å². The van der Waals surface area contributed by atoms with Crippen LogP contribution in [0.4, 0.5) is 0 Å². The lowest BCUT2D eigenvalue weighted by Crippen LogP contribution is -2.26. The minimum atomic E-state index is -0.269. The smallest absolute Gasteiger partial charge is 0.273 e. The SMILES string of the molecule is COc1cc([C@H](C)NC(=O)c2cc(C)on2)ccc1OC1CCCC1. The average molecular weight is 344 g/mol. The van der Waals surface area contributed by atoms with Gasteiger partial charge in [-0.05, 0) is 57.2 Å². The molecule has 1 saturated carbocycles. The Morgan fingerprint density at radius 1 is 1.28 bits per heavy atom. The summed E-state index contributed by atoms with van der Waals surface area (Å²) in [6, 6.07) is 7.19. The first-order valence-electron chi connectivity index (χ1n) is 8.65. The summed E-state index contributed by atoms with van der Waals surface area (Å²) >= 11 is 0. The van der Waals surface area contributed by atoms with Crippen molar-refractivity contribution < 1.29 is 18.8 Å². The highest BCUT2D eigenvalue weighted by molar-refractivity contribution is 5.92. The van der Waals surface area contributed by atoms with Crippen LogP contribution in [0.5, 0.6) is 11.5 Å². The molecule has 2 aromatic rings. The molecule has 1 N–H and O–H groups in total. The number of rotatable bonds is 6. The van der Waals surface area contributed by atoms with Gasteiger partial charge in [-0.1, -0.05) is 11.2 Å². The van der Waals surface area contributed by atoms with E-state index < -0.39 is 0 Å². The van der Waals surface area contributed by atoms with Gasteiger partial charge in [-0.25, -0.2) is 0 Å².